The fourth-order valence-corrected chi connectivity index (χ4v) is 1.77. The Hall–Kier alpha value is -1.52. The SMILES string of the molecule is [O-][Cl+3]([O-])([O-])[O-].[O-][Cl+3]([O-])([O-])[O-].c1ccc(C[NH2+]CC[NH2+]Cc2ccccn2)nc1. The molecule has 28 heavy (non-hydrogen) atoms. The number of nitrogens with zero attached hydrogens (tertiary/aromatic N) is 2. The minimum Gasteiger partial charge on any atom is -0.337 e. The molecule has 4 N–H and O–H groups in total. The van der Waals surface area contributed by atoms with Gasteiger partial charge in [-0.25, -0.2) is 37.3 Å². The summed E-state index contributed by atoms with van der Waals surface area (Å²) >= 11 is 0. The van der Waals surface area contributed by atoms with Gasteiger partial charge >= 0.3 is 0 Å². The molecule has 0 saturated heterocycles. The van der Waals surface area contributed by atoms with Gasteiger partial charge in [0.05, 0.1) is 11.4 Å². The number of nitrogens with two attached hydrogens (primary N) is 2. The monoisotopic (exact) mass is 442 g/mol. The molecule has 0 aliphatic carbocycles. The molecule has 2 aromatic rings. The van der Waals surface area contributed by atoms with Crippen molar-refractivity contribution < 1.29 is 68.4 Å². The number of rotatable bonds is 7. The van der Waals surface area contributed by atoms with E-state index in [0.29, 0.717) is 0 Å². The fourth-order valence-electron chi connectivity index (χ4n) is 1.77. The number of aromatic nitrogens is 2. The Morgan fingerprint density at radius 2 is 0.929 bits per heavy atom. The van der Waals surface area contributed by atoms with Crippen molar-refractivity contribution in [2.75, 3.05) is 13.1 Å². The molecule has 2 aromatic heterocycles. The predicted molar refractivity (Wildman–Crippen MR) is 69.5 cm³/mol. The van der Waals surface area contributed by atoms with Gasteiger partial charge in [0.2, 0.25) is 0 Å². The maximum atomic E-state index is 8.49. The highest BCUT2D eigenvalue weighted by Gasteiger charge is 1.98. The number of halogens is 2. The molecule has 0 atom stereocenters. The Kier molecular flexibility index (Phi) is 13.7. The molecule has 0 fully saturated rings. The molecule has 0 radical (unpaired) electrons. The van der Waals surface area contributed by atoms with Crippen molar-refractivity contribution in [3.63, 3.8) is 0 Å². The predicted octanol–water partition coefficient (Wildman–Crippen LogP) is -10.2. The molecule has 0 unspecified atom stereocenters. The zero-order chi connectivity index (χ0) is 21.5. The molecule has 158 valence electrons. The molecular formula is C14H20Cl2N4O8. The molecule has 0 aliphatic heterocycles. The first-order valence-corrected chi connectivity index (χ1v) is 10.1. The molecule has 0 amide bonds. The zero-order valence-electron chi connectivity index (χ0n) is 14.5. The second-order valence-electron chi connectivity index (χ2n) is 4.96. The van der Waals surface area contributed by atoms with Gasteiger partial charge in [0.1, 0.15) is 26.2 Å². The molecule has 0 aliphatic rings. The average molecular weight is 443 g/mol. The number of hydrogen-bond acceptors (Lipinski definition) is 10. The number of hydrogen-bond donors (Lipinski definition) is 2. The normalized spacial score (nSPS) is 11.0. The van der Waals surface area contributed by atoms with Crippen LogP contribution in [-0.2, 0) is 13.1 Å². The van der Waals surface area contributed by atoms with Gasteiger partial charge in [0.25, 0.3) is 0 Å². The molecule has 12 nitrogen and oxygen atoms in total. The van der Waals surface area contributed by atoms with E-state index in [0.717, 1.165) is 37.6 Å². The molecule has 2 rings (SSSR count). The summed E-state index contributed by atoms with van der Waals surface area (Å²) in [6, 6.07) is 12.1. The first-order chi connectivity index (χ1) is 12.9. The highest BCUT2D eigenvalue weighted by atomic mass is 35.7. The van der Waals surface area contributed by atoms with Crippen LogP contribution in [-0.4, -0.2) is 23.1 Å². The van der Waals surface area contributed by atoms with E-state index in [1.54, 1.807) is 0 Å². The summed E-state index contributed by atoms with van der Waals surface area (Å²) in [4.78, 5) is 8.59. The Balaban J connectivity index is 0.000000607. The minimum absolute atomic E-state index is 0.957. The van der Waals surface area contributed by atoms with Crippen molar-refractivity contribution in [1.29, 1.82) is 0 Å². The highest BCUT2D eigenvalue weighted by molar-refractivity contribution is 5.02. The van der Waals surface area contributed by atoms with E-state index in [9.17, 15) is 0 Å². The zero-order valence-corrected chi connectivity index (χ0v) is 16.0. The van der Waals surface area contributed by atoms with Crippen molar-refractivity contribution in [2.24, 2.45) is 0 Å². The summed E-state index contributed by atoms with van der Waals surface area (Å²) < 4.78 is 67.9. The third-order valence-corrected chi connectivity index (χ3v) is 2.73. The molecule has 0 spiro atoms. The van der Waals surface area contributed by atoms with Gasteiger partial charge in [-0.1, -0.05) is 12.1 Å². The lowest BCUT2D eigenvalue weighted by atomic mass is 10.3. The van der Waals surface area contributed by atoms with E-state index in [-0.39, 0.29) is 0 Å². The summed E-state index contributed by atoms with van der Waals surface area (Å²) in [5.74, 6) is 0. The number of quaternary nitrogens is 2. The first kappa shape index (κ1) is 26.5. The average Bonchev–Trinajstić information content (AvgIpc) is 2.57. The van der Waals surface area contributed by atoms with E-state index in [1.807, 2.05) is 36.7 Å². The van der Waals surface area contributed by atoms with Gasteiger partial charge in [-0.2, -0.15) is 0 Å². The summed E-state index contributed by atoms with van der Waals surface area (Å²) in [5, 5.41) is 4.58. The molecule has 0 aromatic carbocycles. The quantitative estimate of drug-likeness (QED) is 0.382. The van der Waals surface area contributed by atoms with Crippen LogP contribution in [0.3, 0.4) is 0 Å². The van der Waals surface area contributed by atoms with Crippen molar-refractivity contribution in [2.45, 2.75) is 13.1 Å². The van der Waals surface area contributed by atoms with Crippen LogP contribution in [0, 0.1) is 20.5 Å². The van der Waals surface area contributed by atoms with E-state index in [1.165, 1.54) is 0 Å². The fraction of sp³-hybridized carbons (Fsp3) is 0.286. The van der Waals surface area contributed by atoms with Gasteiger partial charge in [-0.15, -0.1) is 20.5 Å². The van der Waals surface area contributed by atoms with Crippen LogP contribution in [0.2, 0.25) is 0 Å². The third-order valence-electron chi connectivity index (χ3n) is 2.73. The van der Waals surface area contributed by atoms with Crippen LogP contribution in [0.15, 0.2) is 48.8 Å². The summed E-state index contributed by atoms with van der Waals surface area (Å²) in [7, 11) is -9.89. The van der Waals surface area contributed by atoms with Crippen LogP contribution in [0.25, 0.3) is 0 Å². The largest absolute Gasteiger partial charge is 0.337 e. The lowest BCUT2D eigenvalue weighted by Gasteiger charge is -2.17. The van der Waals surface area contributed by atoms with E-state index >= 15 is 0 Å². The van der Waals surface area contributed by atoms with E-state index in [2.05, 4.69) is 32.7 Å². The Labute approximate surface area is 165 Å². The van der Waals surface area contributed by atoms with E-state index in [4.69, 9.17) is 37.3 Å². The first-order valence-electron chi connectivity index (χ1n) is 7.62. The maximum Gasteiger partial charge on any atom is 0.126 e. The van der Waals surface area contributed by atoms with Gasteiger partial charge in [-0.05, 0) is 24.3 Å². The molecule has 0 saturated carbocycles. The van der Waals surface area contributed by atoms with Gasteiger partial charge in [0.15, 0.2) is 0 Å². The molecule has 14 heteroatoms. The Morgan fingerprint density at radius 1 is 0.607 bits per heavy atom. The molecule has 2 heterocycles. The van der Waals surface area contributed by atoms with Crippen LogP contribution < -0.4 is 47.9 Å². The van der Waals surface area contributed by atoms with Gasteiger partial charge in [0, 0.05) is 12.4 Å². The Bertz CT molecular complexity index is 547. The standard InChI is InChI=1S/C14H18N4.2ClHO4/c1-3-7-17-13(5-1)11-15-9-10-16-12-14-6-2-4-8-18-14;2*2-1(3,4)5/h1-8,15-16H,9-12H2;2*(H,2,3,4,5). The summed E-state index contributed by atoms with van der Waals surface area (Å²) in [5.41, 5.74) is 2.28. The van der Waals surface area contributed by atoms with Crippen LogP contribution in [0.4, 0.5) is 0 Å². The lowest BCUT2D eigenvalue weighted by molar-refractivity contribution is -2.00. The Morgan fingerprint density at radius 3 is 1.18 bits per heavy atom. The maximum absolute atomic E-state index is 8.49. The van der Waals surface area contributed by atoms with Gasteiger partial charge in [-0.3, -0.25) is 9.97 Å². The van der Waals surface area contributed by atoms with Crippen molar-refractivity contribution in [3.05, 3.63) is 60.2 Å². The third kappa shape index (κ3) is 24.5. The second kappa shape index (κ2) is 14.5. The second-order valence-corrected chi connectivity index (χ2v) is 6.47. The highest BCUT2D eigenvalue weighted by Crippen LogP contribution is 1.89. The smallest absolute Gasteiger partial charge is 0.126 e. The van der Waals surface area contributed by atoms with E-state index < -0.39 is 20.5 Å². The van der Waals surface area contributed by atoms with Crippen LogP contribution in [0.1, 0.15) is 11.4 Å². The van der Waals surface area contributed by atoms with Gasteiger partial charge < -0.3 is 10.6 Å². The topological polar surface area (TPSA) is 243 Å². The lowest BCUT2D eigenvalue weighted by Crippen LogP contribution is -2.93. The summed E-state index contributed by atoms with van der Waals surface area (Å²) in [6.07, 6.45) is 3.69. The molecular weight excluding hydrogens is 423 g/mol. The van der Waals surface area contributed by atoms with Crippen LogP contribution in [0.5, 0.6) is 0 Å². The van der Waals surface area contributed by atoms with Crippen molar-refractivity contribution in [1.82, 2.24) is 9.97 Å². The molecule has 0 bridgehead atoms. The summed E-state index contributed by atoms with van der Waals surface area (Å²) in [6.45, 7) is 4.11. The van der Waals surface area contributed by atoms with Crippen molar-refractivity contribution in [3.8, 4) is 0 Å². The number of pyridine rings is 2. The minimum atomic E-state index is -4.94. The van der Waals surface area contributed by atoms with Crippen molar-refractivity contribution >= 4 is 0 Å². The van der Waals surface area contributed by atoms with Crippen LogP contribution >= 0.6 is 0 Å².